The summed E-state index contributed by atoms with van der Waals surface area (Å²) < 4.78 is 5.33. The molecule has 7 nitrogen and oxygen atoms in total. The van der Waals surface area contributed by atoms with Crippen LogP contribution in [0.2, 0.25) is 0 Å². The van der Waals surface area contributed by atoms with Gasteiger partial charge in [-0.1, -0.05) is 29.8 Å². The number of nitrogens with one attached hydrogen (secondary N) is 2. The summed E-state index contributed by atoms with van der Waals surface area (Å²) in [5.74, 6) is -1.02. The lowest BCUT2D eigenvalue weighted by molar-refractivity contribution is -0.129. The predicted octanol–water partition coefficient (Wildman–Crippen LogP) is 2.78. The van der Waals surface area contributed by atoms with Gasteiger partial charge >= 0.3 is 5.97 Å². The fraction of sp³-hybridized carbons (Fsp3) is 0.348. The van der Waals surface area contributed by atoms with Crippen LogP contribution in [-0.2, 0) is 20.9 Å². The number of esters is 1. The molecule has 0 unspecified atom stereocenters. The summed E-state index contributed by atoms with van der Waals surface area (Å²) in [6.45, 7) is 4.73. The van der Waals surface area contributed by atoms with Gasteiger partial charge in [-0.25, -0.2) is 4.79 Å². The van der Waals surface area contributed by atoms with Crippen LogP contribution in [0.1, 0.15) is 41.3 Å². The highest BCUT2D eigenvalue weighted by atomic mass is 16.5. The van der Waals surface area contributed by atoms with Crippen LogP contribution in [0, 0.1) is 6.92 Å². The Morgan fingerprint density at radius 3 is 2.77 bits per heavy atom. The standard InChI is InChI=1S/C23H25N3O4/c1-14-5-7-16(8-6-14)13-24-21(27)15(2)30-23(29)17-9-10-19-18(12-17)25-22(28)20-4-3-11-26(19)20/h5-10,12,15,20H,3-4,11,13H2,1-2H3,(H,24,27)(H,25,28)/t15-,20-/m1/s1. The van der Waals surface area contributed by atoms with E-state index in [-0.39, 0.29) is 17.9 Å². The molecule has 0 aromatic heterocycles. The van der Waals surface area contributed by atoms with E-state index < -0.39 is 12.1 Å². The predicted molar refractivity (Wildman–Crippen MR) is 113 cm³/mol. The van der Waals surface area contributed by atoms with Crippen molar-refractivity contribution in [2.24, 2.45) is 0 Å². The third kappa shape index (κ3) is 4.01. The highest BCUT2D eigenvalue weighted by Crippen LogP contribution is 2.37. The first kappa shape index (κ1) is 19.9. The molecule has 0 saturated carbocycles. The Morgan fingerprint density at radius 1 is 1.23 bits per heavy atom. The van der Waals surface area contributed by atoms with E-state index in [2.05, 4.69) is 15.5 Å². The van der Waals surface area contributed by atoms with E-state index in [1.807, 2.05) is 37.3 Å². The topological polar surface area (TPSA) is 87.7 Å². The molecular formula is C23H25N3O4. The molecule has 0 aliphatic carbocycles. The van der Waals surface area contributed by atoms with E-state index in [0.29, 0.717) is 17.8 Å². The molecule has 4 rings (SSSR count). The highest BCUT2D eigenvalue weighted by molar-refractivity contribution is 6.05. The van der Waals surface area contributed by atoms with Gasteiger partial charge in [0.15, 0.2) is 6.10 Å². The number of carbonyl (C=O) groups excluding carboxylic acids is 3. The molecular weight excluding hydrogens is 382 g/mol. The number of ether oxygens (including phenoxy) is 1. The van der Waals surface area contributed by atoms with Crippen LogP contribution in [0.15, 0.2) is 42.5 Å². The van der Waals surface area contributed by atoms with Crippen molar-refractivity contribution in [1.82, 2.24) is 5.32 Å². The first-order valence-corrected chi connectivity index (χ1v) is 10.2. The van der Waals surface area contributed by atoms with Gasteiger partial charge in [0.1, 0.15) is 6.04 Å². The molecule has 2 N–H and O–H groups in total. The van der Waals surface area contributed by atoms with Crippen LogP contribution in [-0.4, -0.2) is 36.5 Å². The van der Waals surface area contributed by atoms with Crippen LogP contribution >= 0.6 is 0 Å². The summed E-state index contributed by atoms with van der Waals surface area (Å²) >= 11 is 0. The summed E-state index contributed by atoms with van der Waals surface area (Å²) in [4.78, 5) is 39.2. The molecule has 2 amide bonds. The SMILES string of the molecule is Cc1ccc(CNC(=O)[C@@H](C)OC(=O)c2ccc3c(c2)NC(=O)[C@H]2CCCN32)cc1. The van der Waals surface area contributed by atoms with Crippen molar-refractivity contribution in [3.05, 3.63) is 59.2 Å². The Hall–Kier alpha value is -3.35. The van der Waals surface area contributed by atoms with Gasteiger partial charge in [0.05, 0.1) is 16.9 Å². The Labute approximate surface area is 175 Å². The number of hydrogen-bond acceptors (Lipinski definition) is 5. The normalized spacial score (nSPS) is 18.1. The summed E-state index contributed by atoms with van der Waals surface area (Å²) in [6, 6.07) is 12.8. The van der Waals surface area contributed by atoms with Crippen LogP contribution < -0.4 is 15.5 Å². The molecule has 2 atom stereocenters. The molecule has 1 saturated heterocycles. The Morgan fingerprint density at radius 2 is 2.00 bits per heavy atom. The second-order valence-corrected chi connectivity index (χ2v) is 7.82. The smallest absolute Gasteiger partial charge is 0.338 e. The van der Waals surface area contributed by atoms with Crippen molar-refractivity contribution in [1.29, 1.82) is 0 Å². The van der Waals surface area contributed by atoms with Crippen LogP contribution in [0.3, 0.4) is 0 Å². The average Bonchev–Trinajstić information content (AvgIpc) is 3.23. The summed E-state index contributed by atoms with van der Waals surface area (Å²) in [7, 11) is 0. The lowest BCUT2D eigenvalue weighted by Gasteiger charge is -2.33. The zero-order chi connectivity index (χ0) is 21.3. The molecule has 2 aromatic carbocycles. The van der Waals surface area contributed by atoms with E-state index in [9.17, 15) is 14.4 Å². The molecule has 7 heteroatoms. The van der Waals surface area contributed by atoms with E-state index in [4.69, 9.17) is 4.74 Å². The molecule has 30 heavy (non-hydrogen) atoms. The fourth-order valence-electron chi connectivity index (χ4n) is 3.88. The molecule has 0 radical (unpaired) electrons. The number of amides is 2. The molecule has 1 fully saturated rings. The van der Waals surface area contributed by atoms with E-state index >= 15 is 0 Å². The quantitative estimate of drug-likeness (QED) is 0.745. The van der Waals surface area contributed by atoms with Gasteiger partial charge < -0.3 is 20.3 Å². The van der Waals surface area contributed by atoms with Crippen molar-refractivity contribution in [2.45, 2.75) is 45.4 Å². The van der Waals surface area contributed by atoms with Crippen molar-refractivity contribution >= 4 is 29.2 Å². The minimum atomic E-state index is -0.934. The number of aryl methyl sites for hydroxylation is 1. The molecule has 156 valence electrons. The highest BCUT2D eigenvalue weighted by Gasteiger charge is 2.36. The molecule has 2 heterocycles. The van der Waals surface area contributed by atoms with Gasteiger partial charge in [0.2, 0.25) is 5.91 Å². The number of carbonyl (C=O) groups is 3. The largest absolute Gasteiger partial charge is 0.449 e. The number of anilines is 2. The number of nitrogens with zero attached hydrogens (tertiary/aromatic N) is 1. The Balaban J connectivity index is 1.37. The zero-order valence-corrected chi connectivity index (χ0v) is 17.1. The van der Waals surface area contributed by atoms with Gasteiger partial charge in [-0.15, -0.1) is 0 Å². The van der Waals surface area contributed by atoms with Gasteiger partial charge in [0, 0.05) is 13.1 Å². The summed E-state index contributed by atoms with van der Waals surface area (Å²) in [5.41, 5.74) is 3.93. The first-order valence-electron chi connectivity index (χ1n) is 10.2. The third-order valence-corrected chi connectivity index (χ3v) is 5.60. The van der Waals surface area contributed by atoms with E-state index in [0.717, 1.165) is 36.2 Å². The number of hydrogen-bond donors (Lipinski definition) is 2. The molecule has 2 aliphatic rings. The van der Waals surface area contributed by atoms with Gasteiger partial charge in [-0.2, -0.15) is 0 Å². The van der Waals surface area contributed by atoms with Gasteiger partial charge in [-0.05, 0) is 50.5 Å². The maximum absolute atomic E-state index is 12.5. The molecule has 0 spiro atoms. The Bertz CT molecular complexity index is 986. The zero-order valence-electron chi connectivity index (χ0n) is 17.1. The lowest BCUT2D eigenvalue weighted by atomic mass is 10.1. The second kappa shape index (κ2) is 8.18. The lowest BCUT2D eigenvalue weighted by Crippen LogP contribution is -2.44. The number of benzene rings is 2. The van der Waals surface area contributed by atoms with Crippen LogP contribution in [0.5, 0.6) is 0 Å². The monoisotopic (exact) mass is 407 g/mol. The second-order valence-electron chi connectivity index (χ2n) is 7.82. The van der Waals surface area contributed by atoms with Crippen molar-refractivity contribution in [2.75, 3.05) is 16.8 Å². The minimum Gasteiger partial charge on any atom is -0.449 e. The van der Waals surface area contributed by atoms with Crippen molar-refractivity contribution in [3.8, 4) is 0 Å². The third-order valence-electron chi connectivity index (χ3n) is 5.60. The van der Waals surface area contributed by atoms with Gasteiger partial charge in [0.25, 0.3) is 5.91 Å². The summed E-state index contributed by atoms with van der Waals surface area (Å²) in [5, 5.41) is 5.65. The Kier molecular flexibility index (Phi) is 5.44. The van der Waals surface area contributed by atoms with Crippen molar-refractivity contribution in [3.63, 3.8) is 0 Å². The van der Waals surface area contributed by atoms with E-state index in [1.165, 1.54) is 6.92 Å². The number of rotatable bonds is 5. The fourth-order valence-corrected chi connectivity index (χ4v) is 3.88. The minimum absolute atomic E-state index is 0.0469. The van der Waals surface area contributed by atoms with Crippen molar-refractivity contribution < 1.29 is 19.1 Å². The van der Waals surface area contributed by atoms with E-state index in [1.54, 1.807) is 12.1 Å². The van der Waals surface area contributed by atoms with Gasteiger partial charge in [-0.3, -0.25) is 9.59 Å². The molecule has 2 aliphatic heterocycles. The summed E-state index contributed by atoms with van der Waals surface area (Å²) in [6.07, 6.45) is 0.873. The van der Waals surface area contributed by atoms with Crippen LogP contribution in [0.25, 0.3) is 0 Å². The molecule has 2 aromatic rings. The van der Waals surface area contributed by atoms with Crippen LogP contribution in [0.4, 0.5) is 11.4 Å². The first-order chi connectivity index (χ1) is 14.4. The maximum Gasteiger partial charge on any atom is 0.338 e. The molecule has 0 bridgehead atoms. The average molecular weight is 407 g/mol. The number of fused-ring (bicyclic) bond motifs is 3. The maximum atomic E-state index is 12.5.